The summed E-state index contributed by atoms with van der Waals surface area (Å²) in [5.41, 5.74) is -0.0179. The first-order valence-electron chi connectivity index (χ1n) is 7.17. The minimum atomic E-state index is -0.0179. The topological polar surface area (TPSA) is 54.5 Å². The van der Waals surface area contributed by atoms with E-state index < -0.39 is 0 Å². The third-order valence-electron chi connectivity index (χ3n) is 3.80. The maximum absolute atomic E-state index is 12.5. The van der Waals surface area contributed by atoms with Crippen LogP contribution in [-0.4, -0.2) is 47.6 Å². The molecule has 20 heavy (non-hydrogen) atoms. The molecular formula is C14H21N3O2S. The van der Waals surface area contributed by atoms with E-state index in [1.165, 1.54) is 11.3 Å². The number of ether oxygens (including phenoxy) is 1. The van der Waals surface area contributed by atoms with Crippen LogP contribution in [0.25, 0.3) is 0 Å². The molecule has 1 aromatic rings. The van der Waals surface area contributed by atoms with E-state index in [1.807, 2.05) is 4.90 Å². The summed E-state index contributed by atoms with van der Waals surface area (Å²) >= 11 is 1.48. The second-order valence-electron chi connectivity index (χ2n) is 6.10. The molecule has 2 saturated heterocycles. The zero-order chi connectivity index (χ0) is 14.2. The summed E-state index contributed by atoms with van der Waals surface area (Å²) in [4.78, 5) is 19.6. The summed E-state index contributed by atoms with van der Waals surface area (Å²) in [5, 5.41) is 4.36. The molecule has 2 aliphatic rings. The molecule has 5 nitrogen and oxygen atoms in total. The average Bonchev–Trinajstić information content (AvgIpc) is 3.07. The van der Waals surface area contributed by atoms with Crippen molar-refractivity contribution in [2.75, 3.05) is 26.2 Å². The summed E-state index contributed by atoms with van der Waals surface area (Å²) in [6.45, 7) is 7.39. The fourth-order valence-electron chi connectivity index (χ4n) is 2.78. The van der Waals surface area contributed by atoms with E-state index in [2.05, 4.69) is 24.1 Å². The Labute approximate surface area is 123 Å². The van der Waals surface area contributed by atoms with Crippen LogP contribution in [0.5, 0.6) is 0 Å². The van der Waals surface area contributed by atoms with Crippen LogP contribution < -0.4 is 5.32 Å². The highest BCUT2D eigenvalue weighted by atomic mass is 32.1. The predicted octanol–water partition coefficient (Wildman–Crippen LogP) is 1.82. The van der Waals surface area contributed by atoms with Gasteiger partial charge in [-0.25, -0.2) is 4.98 Å². The average molecular weight is 295 g/mol. The normalized spacial score (nSPS) is 25.9. The fourth-order valence-corrected chi connectivity index (χ4v) is 3.75. The maximum atomic E-state index is 12.5. The molecule has 1 atom stereocenters. The van der Waals surface area contributed by atoms with Gasteiger partial charge in [0.25, 0.3) is 5.91 Å². The summed E-state index contributed by atoms with van der Waals surface area (Å²) in [6.07, 6.45) is 3.90. The van der Waals surface area contributed by atoms with Gasteiger partial charge in [0.05, 0.1) is 6.20 Å². The first-order valence-corrected chi connectivity index (χ1v) is 7.98. The number of hydrogen-bond donors (Lipinski definition) is 1. The molecule has 2 fully saturated rings. The molecule has 6 heteroatoms. The van der Waals surface area contributed by atoms with Crippen molar-refractivity contribution < 1.29 is 9.53 Å². The van der Waals surface area contributed by atoms with E-state index in [9.17, 15) is 4.79 Å². The number of nitrogens with one attached hydrogen (secondary N) is 1. The van der Waals surface area contributed by atoms with Crippen LogP contribution in [0, 0.1) is 0 Å². The van der Waals surface area contributed by atoms with Crippen LogP contribution >= 0.6 is 11.3 Å². The van der Waals surface area contributed by atoms with Crippen LogP contribution in [0.3, 0.4) is 0 Å². The SMILES string of the molecule is CC1(C)CN(C(=O)c2cnc(C3CCCO3)s2)CCN1. The Bertz CT molecular complexity index is 494. The third kappa shape index (κ3) is 2.87. The summed E-state index contributed by atoms with van der Waals surface area (Å²) in [7, 11) is 0. The molecule has 0 aliphatic carbocycles. The Morgan fingerprint density at radius 2 is 2.45 bits per heavy atom. The molecule has 110 valence electrons. The zero-order valence-corrected chi connectivity index (χ0v) is 12.8. The van der Waals surface area contributed by atoms with Gasteiger partial charge in [-0.15, -0.1) is 11.3 Å². The molecule has 1 N–H and O–H groups in total. The van der Waals surface area contributed by atoms with Gasteiger partial charge in [-0.3, -0.25) is 4.79 Å². The number of rotatable bonds is 2. The number of carbonyl (C=O) groups is 1. The van der Waals surface area contributed by atoms with Gasteiger partial charge < -0.3 is 15.0 Å². The van der Waals surface area contributed by atoms with Crippen molar-refractivity contribution in [3.8, 4) is 0 Å². The lowest BCUT2D eigenvalue weighted by Gasteiger charge is -2.38. The van der Waals surface area contributed by atoms with E-state index >= 15 is 0 Å². The van der Waals surface area contributed by atoms with Gasteiger partial charge in [-0.2, -0.15) is 0 Å². The van der Waals surface area contributed by atoms with Crippen molar-refractivity contribution in [1.29, 1.82) is 0 Å². The highest BCUT2D eigenvalue weighted by molar-refractivity contribution is 7.13. The van der Waals surface area contributed by atoms with E-state index in [-0.39, 0.29) is 17.6 Å². The van der Waals surface area contributed by atoms with Crippen molar-refractivity contribution in [1.82, 2.24) is 15.2 Å². The number of nitrogens with zero attached hydrogens (tertiary/aromatic N) is 2. The standard InChI is InChI=1S/C14H21N3O2S/c1-14(2)9-17(6-5-16-14)13(18)11-8-15-12(20-11)10-4-3-7-19-10/h8,10,16H,3-7,9H2,1-2H3. The molecule has 0 bridgehead atoms. The molecule has 1 unspecified atom stereocenters. The van der Waals surface area contributed by atoms with E-state index in [1.54, 1.807) is 6.20 Å². The van der Waals surface area contributed by atoms with Crippen molar-refractivity contribution >= 4 is 17.2 Å². The van der Waals surface area contributed by atoms with Crippen LogP contribution in [0.15, 0.2) is 6.20 Å². The number of thiazole rings is 1. The predicted molar refractivity (Wildman–Crippen MR) is 78.0 cm³/mol. The summed E-state index contributed by atoms with van der Waals surface area (Å²) in [5.74, 6) is 0.0984. The fraction of sp³-hybridized carbons (Fsp3) is 0.714. The third-order valence-corrected chi connectivity index (χ3v) is 4.88. The van der Waals surface area contributed by atoms with Crippen LogP contribution in [0.1, 0.15) is 47.5 Å². The minimum Gasteiger partial charge on any atom is -0.371 e. The lowest BCUT2D eigenvalue weighted by molar-refractivity contribution is 0.0657. The van der Waals surface area contributed by atoms with Gasteiger partial charge in [0.15, 0.2) is 0 Å². The Kier molecular flexibility index (Phi) is 3.79. The number of carbonyl (C=O) groups excluding carboxylic acids is 1. The van der Waals surface area contributed by atoms with Crippen molar-refractivity contribution in [2.45, 2.75) is 38.3 Å². The van der Waals surface area contributed by atoms with Gasteiger partial charge in [0, 0.05) is 31.8 Å². The van der Waals surface area contributed by atoms with Gasteiger partial charge >= 0.3 is 0 Å². The number of amides is 1. The van der Waals surface area contributed by atoms with Gasteiger partial charge in [-0.05, 0) is 26.7 Å². The van der Waals surface area contributed by atoms with Gasteiger partial charge in [-0.1, -0.05) is 0 Å². The Morgan fingerprint density at radius 1 is 1.60 bits per heavy atom. The van der Waals surface area contributed by atoms with Crippen LogP contribution in [0.2, 0.25) is 0 Å². The highest BCUT2D eigenvalue weighted by Gasteiger charge is 2.30. The van der Waals surface area contributed by atoms with Gasteiger partial charge in [0.2, 0.25) is 0 Å². The van der Waals surface area contributed by atoms with Crippen LogP contribution in [0.4, 0.5) is 0 Å². The van der Waals surface area contributed by atoms with Crippen molar-refractivity contribution in [2.24, 2.45) is 0 Å². The Balaban J connectivity index is 1.70. The van der Waals surface area contributed by atoms with E-state index in [0.29, 0.717) is 0 Å². The summed E-state index contributed by atoms with van der Waals surface area (Å²) in [6, 6.07) is 0. The minimum absolute atomic E-state index is 0.0179. The highest BCUT2D eigenvalue weighted by Crippen LogP contribution is 2.31. The van der Waals surface area contributed by atoms with E-state index in [0.717, 1.165) is 49.0 Å². The molecule has 2 aliphatic heterocycles. The van der Waals surface area contributed by atoms with E-state index in [4.69, 9.17) is 4.74 Å². The quantitative estimate of drug-likeness (QED) is 0.904. The lowest BCUT2D eigenvalue weighted by Crippen LogP contribution is -2.58. The molecule has 0 spiro atoms. The zero-order valence-electron chi connectivity index (χ0n) is 12.0. The smallest absolute Gasteiger partial charge is 0.265 e. The largest absolute Gasteiger partial charge is 0.371 e. The summed E-state index contributed by atoms with van der Waals surface area (Å²) < 4.78 is 5.62. The molecule has 1 amide bonds. The second kappa shape index (κ2) is 5.42. The molecule has 0 saturated carbocycles. The number of aromatic nitrogens is 1. The molecule has 3 rings (SSSR count). The van der Waals surface area contributed by atoms with Gasteiger partial charge in [0.1, 0.15) is 16.0 Å². The van der Waals surface area contributed by atoms with Crippen molar-refractivity contribution in [3.63, 3.8) is 0 Å². The maximum Gasteiger partial charge on any atom is 0.265 e. The Morgan fingerprint density at radius 3 is 3.15 bits per heavy atom. The monoisotopic (exact) mass is 295 g/mol. The van der Waals surface area contributed by atoms with Crippen LogP contribution in [-0.2, 0) is 4.74 Å². The first-order chi connectivity index (χ1) is 9.55. The number of hydrogen-bond acceptors (Lipinski definition) is 5. The molecule has 3 heterocycles. The molecular weight excluding hydrogens is 274 g/mol. The first kappa shape index (κ1) is 14.0. The molecule has 0 aromatic carbocycles. The van der Waals surface area contributed by atoms with Crippen molar-refractivity contribution in [3.05, 3.63) is 16.1 Å². The lowest BCUT2D eigenvalue weighted by atomic mass is 10.0. The molecule has 0 radical (unpaired) electrons. The second-order valence-corrected chi connectivity index (χ2v) is 7.16. The number of piperazine rings is 1. The Hall–Kier alpha value is -0.980. The molecule has 1 aromatic heterocycles.